The number of nitrogens with one attached hydrogen (secondary N) is 1. The third-order valence-electron chi connectivity index (χ3n) is 8.13. The molecule has 1 fully saturated rings. The van der Waals surface area contributed by atoms with Gasteiger partial charge in [0.25, 0.3) is 11.8 Å². The zero-order valence-corrected chi connectivity index (χ0v) is 26.5. The highest BCUT2D eigenvalue weighted by Crippen LogP contribution is 2.39. The summed E-state index contributed by atoms with van der Waals surface area (Å²) in [5.74, 6) is 1.17. The van der Waals surface area contributed by atoms with Crippen LogP contribution in [0.5, 0.6) is 0 Å². The number of hydrogen-bond acceptors (Lipinski definition) is 5. The molecule has 8 nitrogen and oxygen atoms in total. The molecule has 1 aliphatic carbocycles. The van der Waals surface area contributed by atoms with E-state index in [0.717, 1.165) is 34.0 Å². The molecule has 9 heteroatoms. The largest absolute Gasteiger partial charge is 0.361 e. The van der Waals surface area contributed by atoms with Crippen LogP contribution in [0.25, 0.3) is 22.6 Å². The molecule has 0 unspecified atom stereocenters. The average Bonchev–Trinajstić information content (AvgIpc) is 3.64. The minimum atomic E-state index is -1.24. The summed E-state index contributed by atoms with van der Waals surface area (Å²) >= 11 is 0. The zero-order chi connectivity index (χ0) is 29.5. The summed E-state index contributed by atoms with van der Waals surface area (Å²) in [5, 5.41) is 2.96. The van der Waals surface area contributed by atoms with Crippen molar-refractivity contribution in [3.05, 3.63) is 59.0 Å². The van der Waals surface area contributed by atoms with Crippen molar-refractivity contribution >= 4 is 19.9 Å². The van der Waals surface area contributed by atoms with E-state index in [1.807, 2.05) is 54.5 Å². The summed E-state index contributed by atoms with van der Waals surface area (Å²) in [6.07, 6.45) is 4.20. The zero-order valence-electron chi connectivity index (χ0n) is 25.5. The summed E-state index contributed by atoms with van der Waals surface area (Å²) in [5.41, 5.74) is 5.69. The number of pyridine rings is 1. The smallest absolute Gasteiger partial charge is 0.271 e. The molecule has 3 aromatic rings. The first-order valence-corrected chi connectivity index (χ1v) is 18.5. The standard InChI is InChI=1S/C32H43N5O3Si/c1-20(2)34-31(38)29-22(4)37(19-40-14-15-41(5,6)7)30(35-29)28-17-25(12-13-33-28)24-10-11-27-26(16-24)18-36(32(27)39)21(3)23-8-9-23/h10-13,16-17,20-21,23H,8-9,14-15,18-19H2,1-7H3,(H,34,38)/t21-/m0/s1. The van der Waals surface area contributed by atoms with Crippen LogP contribution in [0.1, 0.15) is 65.7 Å². The predicted molar refractivity (Wildman–Crippen MR) is 164 cm³/mol. The summed E-state index contributed by atoms with van der Waals surface area (Å²) in [6.45, 7) is 16.6. The van der Waals surface area contributed by atoms with Gasteiger partial charge in [0.05, 0.1) is 5.69 Å². The molecule has 2 amide bonds. The van der Waals surface area contributed by atoms with Gasteiger partial charge in [-0.2, -0.15) is 0 Å². The molecule has 0 spiro atoms. The fraction of sp³-hybridized carbons (Fsp3) is 0.500. The number of rotatable bonds is 11. The van der Waals surface area contributed by atoms with Crippen molar-refractivity contribution in [2.45, 2.75) is 91.6 Å². The minimum absolute atomic E-state index is 0.000162. The maximum atomic E-state index is 13.1. The number of carbonyl (C=O) groups excluding carboxylic acids is 2. The highest BCUT2D eigenvalue weighted by molar-refractivity contribution is 6.76. The van der Waals surface area contributed by atoms with Gasteiger partial charge in [-0.1, -0.05) is 25.7 Å². The monoisotopic (exact) mass is 573 g/mol. The van der Waals surface area contributed by atoms with Crippen LogP contribution >= 0.6 is 0 Å². The van der Waals surface area contributed by atoms with E-state index in [2.05, 4.69) is 42.9 Å². The summed E-state index contributed by atoms with van der Waals surface area (Å²) in [6, 6.07) is 11.4. The first-order valence-electron chi connectivity index (χ1n) is 14.8. The minimum Gasteiger partial charge on any atom is -0.361 e. The van der Waals surface area contributed by atoms with Crippen LogP contribution in [0.2, 0.25) is 25.7 Å². The number of aromatic nitrogens is 3. The maximum Gasteiger partial charge on any atom is 0.271 e. The number of imidazole rings is 1. The molecule has 3 heterocycles. The second-order valence-electron chi connectivity index (χ2n) is 13.1. The van der Waals surface area contributed by atoms with Crippen LogP contribution in [0.15, 0.2) is 36.5 Å². The maximum absolute atomic E-state index is 13.1. The van der Waals surface area contributed by atoms with E-state index in [1.54, 1.807) is 6.20 Å². The van der Waals surface area contributed by atoms with E-state index in [0.29, 0.717) is 43.0 Å². The summed E-state index contributed by atoms with van der Waals surface area (Å²) < 4.78 is 8.05. The van der Waals surface area contributed by atoms with Crippen molar-refractivity contribution < 1.29 is 14.3 Å². The Morgan fingerprint density at radius 3 is 2.54 bits per heavy atom. The molecule has 1 aromatic carbocycles. The Labute approximate surface area is 244 Å². The Morgan fingerprint density at radius 1 is 1.12 bits per heavy atom. The van der Waals surface area contributed by atoms with Gasteiger partial charge in [-0.05, 0) is 93.5 Å². The Morgan fingerprint density at radius 2 is 1.85 bits per heavy atom. The fourth-order valence-electron chi connectivity index (χ4n) is 5.38. The van der Waals surface area contributed by atoms with Gasteiger partial charge in [-0.15, -0.1) is 0 Å². The molecule has 0 radical (unpaired) electrons. The molecule has 1 aliphatic heterocycles. The van der Waals surface area contributed by atoms with Gasteiger partial charge in [0.2, 0.25) is 0 Å². The van der Waals surface area contributed by atoms with Gasteiger partial charge in [0.15, 0.2) is 5.82 Å². The van der Waals surface area contributed by atoms with Crippen LogP contribution in [-0.4, -0.2) is 58.0 Å². The lowest BCUT2D eigenvalue weighted by molar-refractivity contribution is 0.0697. The van der Waals surface area contributed by atoms with E-state index in [-0.39, 0.29) is 23.9 Å². The number of benzene rings is 1. The molecule has 1 atom stereocenters. The molecule has 218 valence electrons. The molecule has 0 saturated heterocycles. The molecule has 41 heavy (non-hydrogen) atoms. The topological polar surface area (TPSA) is 89.4 Å². The van der Waals surface area contributed by atoms with Crippen molar-refractivity contribution in [3.8, 4) is 22.6 Å². The Bertz CT molecular complexity index is 1450. The van der Waals surface area contributed by atoms with Crippen LogP contribution < -0.4 is 5.32 Å². The molecule has 5 rings (SSSR count). The van der Waals surface area contributed by atoms with Crippen LogP contribution in [0.3, 0.4) is 0 Å². The molecule has 0 bridgehead atoms. The van der Waals surface area contributed by atoms with E-state index in [1.165, 1.54) is 12.8 Å². The van der Waals surface area contributed by atoms with Crippen molar-refractivity contribution in [2.75, 3.05) is 6.61 Å². The van der Waals surface area contributed by atoms with Crippen molar-refractivity contribution in [2.24, 2.45) is 5.92 Å². The first-order chi connectivity index (χ1) is 19.4. The van der Waals surface area contributed by atoms with E-state index in [4.69, 9.17) is 9.72 Å². The van der Waals surface area contributed by atoms with Gasteiger partial charge in [-0.3, -0.25) is 14.6 Å². The third kappa shape index (κ3) is 6.46. The molecule has 2 aromatic heterocycles. The highest BCUT2D eigenvalue weighted by atomic mass is 28.3. The van der Waals surface area contributed by atoms with Gasteiger partial charge in [0.1, 0.15) is 18.1 Å². The summed E-state index contributed by atoms with van der Waals surface area (Å²) in [7, 11) is -1.24. The number of hydrogen-bond donors (Lipinski definition) is 1. The van der Waals surface area contributed by atoms with Crippen LogP contribution in [0.4, 0.5) is 0 Å². The van der Waals surface area contributed by atoms with E-state index >= 15 is 0 Å². The van der Waals surface area contributed by atoms with E-state index in [9.17, 15) is 9.59 Å². The fourth-order valence-corrected chi connectivity index (χ4v) is 6.14. The van der Waals surface area contributed by atoms with Gasteiger partial charge in [0, 0.05) is 45.1 Å². The van der Waals surface area contributed by atoms with Gasteiger partial charge in [-0.25, -0.2) is 4.98 Å². The quantitative estimate of drug-likeness (QED) is 0.220. The first kappa shape index (κ1) is 29.2. The molecule has 1 N–H and O–H groups in total. The van der Waals surface area contributed by atoms with E-state index < -0.39 is 8.07 Å². The lowest BCUT2D eigenvalue weighted by atomic mass is 10.0. The lowest BCUT2D eigenvalue weighted by Gasteiger charge is -2.23. The van der Waals surface area contributed by atoms with Crippen LogP contribution in [0, 0.1) is 12.8 Å². The number of ether oxygens (including phenoxy) is 1. The Balaban J connectivity index is 1.44. The Hall–Kier alpha value is -3.30. The lowest BCUT2D eigenvalue weighted by Crippen LogP contribution is -2.34. The average molecular weight is 574 g/mol. The predicted octanol–water partition coefficient (Wildman–Crippen LogP) is 6.13. The number of nitrogens with zero attached hydrogens (tertiary/aromatic N) is 4. The summed E-state index contributed by atoms with van der Waals surface area (Å²) in [4.78, 5) is 37.5. The number of amides is 2. The molecule has 1 saturated carbocycles. The highest BCUT2D eigenvalue weighted by Gasteiger charge is 2.38. The van der Waals surface area contributed by atoms with Gasteiger partial charge < -0.3 is 19.5 Å². The van der Waals surface area contributed by atoms with Crippen molar-refractivity contribution in [3.63, 3.8) is 0 Å². The van der Waals surface area contributed by atoms with Crippen molar-refractivity contribution in [1.82, 2.24) is 24.8 Å². The molecule has 2 aliphatic rings. The normalized spacial score (nSPS) is 15.9. The number of carbonyl (C=O) groups is 2. The SMILES string of the molecule is Cc1c(C(=O)NC(C)C)nc(-c2cc(-c3ccc4c(c3)CN([C@@H](C)C3CC3)C4=O)ccn2)n1COCC[Si](C)(C)C. The molecular weight excluding hydrogens is 530 g/mol. The van der Waals surface area contributed by atoms with Crippen LogP contribution in [-0.2, 0) is 18.0 Å². The van der Waals surface area contributed by atoms with Crippen molar-refractivity contribution in [1.29, 1.82) is 0 Å². The second-order valence-corrected chi connectivity index (χ2v) is 18.7. The number of fused-ring (bicyclic) bond motifs is 1. The molecular formula is C32H43N5O3Si. The second kappa shape index (κ2) is 11.5. The third-order valence-corrected chi connectivity index (χ3v) is 9.83. The Kier molecular flexibility index (Phi) is 8.21. The van der Waals surface area contributed by atoms with Gasteiger partial charge >= 0.3 is 0 Å².